The Balaban J connectivity index is 2.14. The lowest BCUT2D eigenvalue weighted by Gasteiger charge is -2.08. The summed E-state index contributed by atoms with van der Waals surface area (Å²) in [5.74, 6) is -1.15. The maximum atomic E-state index is 14.0. The van der Waals surface area contributed by atoms with Gasteiger partial charge in [-0.2, -0.15) is 0 Å². The van der Waals surface area contributed by atoms with Gasteiger partial charge < -0.3 is 5.32 Å². The molecule has 2 rings (SSSR count). The maximum Gasteiger partial charge on any atom is 0.140 e. The Morgan fingerprint density at radius 3 is 2.55 bits per heavy atom. The topological polar surface area (TPSA) is 37.8 Å². The monoisotopic (exact) mass is 295 g/mol. The van der Waals surface area contributed by atoms with Crippen molar-refractivity contribution in [1.29, 1.82) is 0 Å². The molecule has 0 aliphatic rings. The lowest BCUT2D eigenvalue weighted by molar-refractivity contribution is 0.534. The van der Waals surface area contributed by atoms with Gasteiger partial charge in [-0.3, -0.25) is 4.98 Å². The first-order valence-electron chi connectivity index (χ1n) is 6.33. The summed E-state index contributed by atoms with van der Waals surface area (Å²) in [5.41, 5.74) is 0.594. The Bertz CT molecular complexity index is 541. The van der Waals surface area contributed by atoms with Gasteiger partial charge in [-0.05, 0) is 30.7 Å². The van der Waals surface area contributed by atoms with Crippen LogP contribution >= 0.6 is 11.8 Å². The number of hydrogen-bond donors (Lipinski definition) is 1. The van der Waals surface area contributed by atoms with Crippen molar-refractivity contribution in [3.05, 3.63) is 47.9 Å². The molecular formula is C14H15F2N3S. The molecule has 0 unspecified atom stereocenters. The van der Waals surface area contributed by atoms with Gasteiger partial charge >= 0.3 is 0 Å². The summed E-state index contributed by atoms with van der Waals surface area (Å²) < 4.78 is 27.9. The Kier molecular flexibility index (Phi) is 5.43. The summed E-state index contributed by atoms with van der Waals surface area (Å²) in [4.78, 5) is 7.81. The second-order valence-electron chi connectivity index (χ2n) is 4.21. The molecule has 0 aliphatic heterocycles. The molecule has 6 heteroatoms. The molecule has 20 heavy (non-hydrogen) atoms. The average molecular weight is 295 g/mol. The van der Waals surface area contributed by atoms with Crippen molar-refractivity contribution in [3.8, 4) is 0 Å². The minimum Gasteiger partial charge on any atom is -0.313 e. The van der Waals surface area contributed by atoms with Gasteiger partial charge in [-0.25, -0.2) is 13.8 Å². The molecule has 1 N–H and O–H groups in total. The quantitative estimate of drug-likeness (QED) is 0.829. The van der Waals surface area contributed by atoms with E-state index in [0.717, 1.165) is 24.7 Å². The highest BCUT2D eigenvalue weighted by Crippen LogP contribution is 2.31. The fraction of sp³-hybridized carbons (Fsp3) is 0.286. The van der Waals surface area contributed by atoms with Crippen LogP contribution in [0, 0.1) is 11.6 Å². The van der Waals surface area contributed by atoms with Crippen LogP contribution in [0.25, 0.3) is 0 Å². The van der Waals surface area contributed by atoms with Gasteiger partial charge in [-0.15, -0.1) is 0 Å². The molecule has 0 aliphatic carbocycles. The standard InChI is InChI=1S/C14H15F2N3S/c1-2-3-17-8-10-6-11(15)14(12(16)7-10)20-13-9-18-4-5-19-13/h4-7,9,17H,2-3,8H2,1H3. The summed E-state index contributed by atoms with van der Waals surface area (Å²) in [6, 6.07) is 2.70. The van der Waals surface area contributed by atoms with E-state index in [2.05, 4.69) is 15.3 Å². The number of rotatable bonds is 6. The van der Waals surface area contributed by atoms with Crippen LogP contribution in [0.4, 0.5) is 8.78 Å². The van der Waals surface area contributed by atoms with Crippen molar-refractivity contribution in [2.45, 2.75) is 29.8 Å². The van der Waals surface area contributed by atoms with Gasteiger partial charge in [0.15, 0.2) is 0 Å². The number of benzene rings is 1. The molecule has 0 spiro atoms. The molecule has 0 atom stereocenters. The van der Waals surface area contributed by atoms with Crippen LogP contribution in [0.3, 0.4) is 0 Å². The molecular weight excluding hydrogens is 280 g/mol. The van der Waals surface area contributed by atoms with E-state index in [1.165, 1.54) is 30.7 Å². The lowest BCUT2D eigenvalue weighted by atomic mass is 10.2. The molecule has 0 radical (unpaired) electrons. The van der Waals surface area contributed by atoms with E-state index in [4.69, 9.17) is 0 Å². The van der Waals surface area contributed by atoms with Gasteiger partial charge in [0.05, 0.1) is 11.1 Å². The number of hydrogen-bond acceptors (Lipinski definition) is 4. The third kappa shape index (κ3) is 3.98. The molecule has 3 nitrogen and oxygen atoms in total. The highest BCUT2D eigenvalue weighted by molar-refractivity contribution is 7.99. The average Bonchev–Trinajstić information content (AvgIpc) is 2.44. The van der Waals surface area contributed by atoms with Gasteiger partial charge in [0.25, 0.3) is 0 Å². The molecule has 0 saturated heterocycles. The highest BCUT2D eigenvalue weighted by Gasteiger charge is 2.13. The molecule has 1 heterocycles. The third-order valence-corrected chi connectivity index (χ3v) is 3.57. The summed E-state index contributed by atoms with van der Waals surface area (Å²) in [6.07, 6.45) is 5.45. The van der Waals surface area contributed by atoms with E-state index < -0.39 is 11.6 Å². The van der Waals surface area contributed by atoms with Crippen LogP contribution in [0.1, 0.15) is 18.9 Å². The SMILES string of the molecule is CCCNCc1cc(F)c(Sc2cnccn2)c(F)c1. The van der Waals surface area contributed by atoms with E-state index in [-0.39, 0.29) is 4.90 Å². The summed E-state index contributed by atoms with van der Waals surface area (Å²) in [5, 5.41) is 3.57. The van der Waals surface area contributed by atoms with Gasteiger partial charge in [0.1, 0.15) is 16.7 Å². The van der Waals surface area contributed by atoms with Crippen LogP contribution in [0.15, 0.2) is 40.6 Å². The number of aromatic nitrogens is 2. The molecule has 0 saturated carbocycles. The Morgan fingerprint density at radius 2 is 1.95 bits per heavy atom. The van der Waals surface area contributed by atoms with Crippen molar-refractivity contribution < 1.29 is 8.78 Å². The zero-order chi connectivity index (χ0) is 14.4. The minimum absolute atomic E-state index is 0.0512. The lowest BCUT2D eigenvalue weighted by Crippen LogP contribution is -2.14. The van der Waals surface area contributed by atoms with Gasteiger partial charge in [0, 0.05) is 18.9 Å². The van der Waals surface area contributed by atoms with E-state index in [0.29, 0.717) is 17.1 Å². The first-order chi connectivity index (χ1) is 9.70. The third-order valence-electron chi connectivity index (χ3n) is 2.56. The summed E-state index contributed by atoms with van der Waals surface area (Å²) in [7, 11) is 0. The maximum absolute atomic E-state index is 14.0. The van der Waals surface area contributed by atoms with E-state index in [1.807, 2.05) is 6.92 Å². The first kappa shape index (κ1) is 14.9. The number of halogens is 2. The van der Waals surface area contributed by atoms with E-state index in [9.17, 15) is 8.78 Å². The van der Waals surface area contributed by atoms with Crippen LogP contribution in [0.2, 0.25) is 0 Å². The molecule has 1 aromatic carbocycles. The fourth-order valence-corrected chi connectivity index (χ4v) is 2.41. The summed E-state index contributed by atoms with van der Waals surface area (Å²) in [6.45, 7) is 3.31. The number of nitrogens with zero attached hydrogens (tertiary/aromatic N) is 2. The van der Waals surface area contributed by atoms with Crippen LogP contribution in [0.5, 0.6) is 0 Å². The molecule has 106 valence electrons. The smallest absolute Gasteiger partial charge is 0.140 e. The molecule has 1 aromatic heterocycles. The van der Waals surface area contributed by atoms with Gasteiger partial charge in [-0.1, -0.05) is 18.7 Å². The predicted molar refractivity (Wildman–Crippen MR) is 74.5 cm³/mol. The normalized spacial score (nSPS) is 10.8. The molecule has 0 amide bonds. The van der Waals surface area contributed by atoms with Crippen molar-refractivity contribution in [1.82, 2.24) is 15.3 Å². The first-order valence-corrected chi connectivity index (χ1v) is 7.15. The van der Waals surface area contributed by atoms with Crippen molar-refractivity contribution in [2.75, 3.05) is 6.54 Å². The molecule has 2 aromatic rings. The van der Waals surface area contributed by atoms with E-state index in [1.54, 1.807) is 0 Å². The second kappa shape index (κ2) is 7.31. The Hall–Kier alpha value is -1.53. The summed E-state index contributed by atoms with van der Waals surface area (Å²) >= 11 is 0.934. The molecule has 0 bridgehead atoms. The Labute approximate surface area is 120 Å². The van der Waals surface area contributed by atoms with Gasteiger partial charge in [0.2, 0.25) is 0 Å². The largest absolute Gasteiger partial charge is 0.313 e. The molecule has 0 fully saturated rings. The van der Waals surface area contributed by atoms with Crippen molar-refractivity contribution in [3.63, 3.8) is 0 Å². The predicted octanol–water partition coefficient (Wildman–Crippen LogP) is 3.41. The van der Waals surface area contributed by atoms with Crippen LogP contribution in [-0.4, -0.2) is 16.5 Å². The number of nitrogens with one attached hydrogen (secondary N) is 1. The minimum atomic E-state index is -0.575. The zero-order valence-corrected chi connectivity index (χ0v) is 11.9. The van der Waals surface area contributed by atoms with Crippen molar-refractivity contribution >= 4 is 11.8 Å². The van der Waals surface area contributed by atoms with Crippen molar-refractivity contribution in [2.24, 2.45) is 0 Å². The van der Waals surface area contributed by atoms with E-state index >= 15 is 0 Å². The zero-order valence-electron chi connectivity index (χ0n) is 11.1. The fourth-order valence-electron chi connectivity index (χ4n) is 1.66. The van der Waals surface area contributed by atoms with Crippen LogP contribution in [-0.2, 0) is 6.54 Å². The second-order valence-corrected chi connectivity index (χ2v) is 5.24. The highest BCUT2D eigenvalue weighted by atomic mass is 32.2. The Morgan fingerprint density at radius 1 is 1.20 bits per heavy atom. The van der Waals surface area contributed by atoms with Crippen LogP contribution < -0.4 is 5.32 Å².